The summed E-state index contributed by atoms with van der Waals surface area (Å²) in [6, 6.07) is 23.4. The van der Waals surface area contributed by atoms with E-state index in [-0.39, 0.29) is 11.6 Å². The predicted molar refractivity (Wildman–Crippen MR) is 114 cm³/mol. The summed E-state index contributed by atoms with van der Waals surface area (Å²) in [6.07, 6.45) is 0.726. The second-order valence-corrected chi connectivity index (χ2v) is 7.43. The number of aromatic nitrogens is 1. The van der Waals surface area contributed by atoms with Crippen LogP contribution in [-0.4, -0.2) is 27.3 Å². The van der Waals surface area contributed by atoms with Crippen molar-refractivity contribution in [3.8, 4) is 0 Å². The zero-order chi connectivity index (χ0) is 20.7. The fourth-order valence-corrected chi connectivity index (χ4v) is 4.36. The number of nitro groups is 1. The van der Waals surface area contributed by atoms with Crippen LogP contribution in [0.3, 0.4) is 0 Å². The minimum atomic E-state index is -0.422. The highest BCUT2D eigenvalue weighted by molar-refractivity contribution is 5.95. The fourth-order valence-electron chi connectivity index (χ4n) is 4.36. The van der Waals surface area contributed by atoms with Crippen LogP contribution in [0, 0.1) is 10.1 Å². The van der Waals surface area contributed by atoms with E-state index in [0.29, 0.717) is 12.1 Å². The average molecular weight is 397 g/mol. The summed E-state index contributed by atoms with van der Waals surface area (Å²) in [6.45, 7) is 0.538. The minimum Gasteiger partial charge on any atom is -0.356 e. The standard InChI is InChI=1S/C24H19N3O3/c28-24(16-7-2-1-3-8-16)26-14-13-20-19-11-4-5-12-21(19)25-22(20)23(26)17-9-6-10-18(15-17)27(29)30/h1-12,15,23,25H,13-14H2/t23-/m0/s1. The number of nitro benzene ring substituents is 1. The number of rotatable bonds is 3. The summed E-state index contributed by atoms with van der Waals surface area (Å²) in [5, 5.41) is 12.5. The van der Waals surface area contributed by atoms with Crippen molar-refractivity contribution in [3.05, 3.63) is 111 Å². The number of carbonyl (C=O) groups is 1. The van der Waals surface area contributed by atoms with Gasteiger partial charge in [0.05, 0.1) is 11.0 Å². The Kier molecular flexibility index (Phi) is 4.32. The SMILES string of the molecule is O=C(c1ccccc1)N1CCc2c([nH]c3ccccc23)[C@@H]1c1cccc([N+](=O)[O-])c1. The van der Waals surface area contributed by atoms with Crippen LogP contribution in [0.1, 0.15) is 33.2 Å². The summed E-state index contributed by atoms with van der Waals surface area (Å²) in [5.41, 5.74) is 4.44. The second-order valence-electron chi connectivity index (χ2n) is 7.43. The summed E-state index contributed by atoms with van der Waals surface area (Å²) in [5.74, 6) is -0.0867. The van der Waals surface area contributed by atoms with E-state index in [0.717, 1.165) is 28.6 Å². The van der Waals surface area contributed by atoms with Crippen LogP contribution in [-0.2, 0) is 6.42 Å². The fraction of sp³-hybridized carbons (Fsp3) is 0.125. The van der Waals surface area contributed by atoms with Crippen LogP contribution in [0.2, 0.25) is 0 Å². The lowest BCUT2D eigenvalue weighted by Gasteiger charge is -2.36. The molecule has 4 aromatic rings. The van der Waals surface area contributed by atoms with Crippen LogP contribution in [0.15, 0.2) is 78.9 Å². The molecule has 0 fully saturated rings. The van der Waals surface area contributed by atoms with Crippen molar-refractivity contribution in [2.75, 3.05) is 6.54 Å². The third-order valence-electron chi connectivity index (χ3n) is 5.71. The van der Waals surface area contributed by atoms with E-state index >= 15 is 0 Å². The highest BCUT2D eigenvalue weighted by atomic mass is 16.6. The van der Waals surface area contributed by atoms with Crippen molar-refractivity contribution in [1.82, 2.24) is 9.88 Å². The molecule has 1 N–H and O–H groups in total. The number of H-pyrrole nitrogens is 1. The van der Waals surface area contributed by atoms with Gasteiger partial charge in [-0.15, -0.1) is 0 Å². The molecule has 1 aliphatic rings. The molecule has 1 amide bonds. The highest BCUT2D eigenvalue weighted by Gasteiger charge is 2.35. The van der Waals surface area contributed by atoms with Crippen LogP contribution < -0.4 is 0 Å². The average Bonchev–Trinajstić information content (AvgIpc) is 3.17. The van der Waals surface area contributed by atoms with Gasteiger partial charge in [0, 0.05) is 40.8 Å². The molecule has 6 nitrogen and oxygen atoms in total. The Morgan fingerprint density at radius 2 is 1.77 bits per heavy atom. The number of benzene rings is 3. The topological polar surface area (TPSA) is 79.2 Å². The zero-order valence-corrected chi connectivity index (χ0v) is 16.1. The molecule has 0 radical (unpaired) electrons. The lowest BCUT2D eigenvalue weighted by atomic mass is 9.91. The molecule has 0 spiro atoms. The van der Waals surface area contributed by atoms with E-state index in [4.69, 9.17) is 0 Å². The Balaban J connectivity index is 1.69. The molecule has 1 aliphatic heterocycles. The number of aromatic amines is 1. The Hall–Kier alpha value is -3.93. The van der Waals surface area contributed by atoms with Crippen molar-refractivity contribution < 1.29 is 9.72 Å². The molecular weight excluding hydrogens is 378 g/mol. The molecule has 30 heavy (non-hydrogen) atoms. The van der Waals surface area contributed by atoms with Gasteiger partial charge in [0.15, 0.2) is 0 Å². The largest absolute Gasteiger partial charge is 0.356 e. The number of nitrogens with zero attached hydrogens (tertiary/aromatic N) is 2. The van der Waals surface area contributed by atoms with E-state index in [9.17, 15) is 14.9 Å². The molecular formula is C24H19N3O3. The first-order valence-electron chi connectivity index (χ1n) is 9.83. The molecule has 2 heterocycles. The van der Waals surface area contributed by atoms with Crippen LogP contribution >= 0.6 is 0 Å². The number of nitrogens with one attached hydrogen (secondary N) is 1. The molecule has 3 aromatic carbocycles. The quantitative estimate of drug-likeness (QED) is 0.396. The maximum absolute atomic E-state index is 13.4. The Morgan fingerprint density at radius 3 is 2.57 bits per heavy atom. The normalized spacial score (nSPS) is 15.7. The first-order chi connectivity index (χ1) is 14.6. The molecule has 1 atom stereocenters. The van der Waals surface area contributed by atoms with Crippen LogP contribution in [0.4, 0.5) is 5.69 Å². The number of carbonyl (C=O) groups excluding carboxylic acids is 1. The Morgan fingerprint density at radius 1 is 1.00 bits per heavy atom. The number of amides is 1. The number of para-hydroxylation sites is 1. The molecule has 6 heteroatoms. The first kappa shape index (κ1) is 18.1. The molecule has 148 valence electrons. The molecule has 0 bridgehead atoms. The molecule has 0 saturated heterocycles. The van der Waals surface area contributed by atoms with Gasteiger partial charge >= 0.3 is 0 Å². The lowest BCUT2D eigenvalue weighted by molar-refractivity contribution is -0.384. The highest BCUT2D eigenvalue weighted by Crippen LogP contribution is 2.39. The van der Waals surface area contributed by atoms with Gasteiger partial charge in [0.1, 0.15) is 0 Å². The van der Waals surface area contributed by atoms with Gasteiger partial charge in [-0.25, -0.2) is 0 Å². The Bertz CT molecular complexity index is 1260. The minimum absolute atomic E-state index is 0.0165. The molecule has 0 aliphatic carbocycles. The molecule has 0 unspecified atom stereocenters. The summed E-state index contributed by atoms with van der Waals surface area (Å²) >= 11 is 0. The van der Waals surface area contributed by atoms with Crippen LogP contribution in [0.5, 0.6) is 0 Å². The summed E-state index contributed by atoms with van der Waals surface area (Å²) in [4.78, 5) is 29.7. The van der Waals surface area contributed by atoms with Crippen molar-refractivity contribution in [1.29, 1.82) is 0 Å². The van der Waals surface area contributed by atoms with Crippen LogP contribution in [0.25, 0.3) is 10.9 Å². The molecule has 5 rings (SSSR count). The summed E-state index contributed by atoms with van der Waals surface area (Å²) < 4.78 is 0. The van der Waals surface area contributed by atoms with Gasteiger partial charge in [-0.05, 0) is 35.7 Å². The summed E-state index contributed by atoms with van der Waals surface area (Å²) in [7, 11) is 0. The van der Waals surface area contributed by atoms with Gasteiger partial charge in [0.2, 0.25) is 0 Å². The van der Waals surface area contributed by atoms with Crippen molar-refractivity contribution in [2.24, 2.45) is 0 Å². The molecule has 1 aromatic heterocycles. The first-order valence-corrected chi connectivity index (χ1v) is 9.83. The Labute approximate surface area is 172 Å². The maximum Gasteiger partial charge on any atom is 0.269 e. The van der Waals surface area contributed by atoms with E-state index in [1.165, 1.54) is 11.6 Å². The monoisotopic (exact) mass is 397 g/mol. The van der Waals surface area contributed by atoms with Crippen molar-refractivity contribution in [2.45, 2.75) is 12.5 Å². The van der Waals surface area contributed by atoms with E-state index in [1.54, 1.807) is 24.3 Å². The van der Waals surface area contributed by atoms with Crippen molar-refractivity contribution in [3.63, 3.8) is 0 Å². The zero-order valence-electron chi connectivity index (χ0n) is 16.1. The number of non-ortho nitro benzene ring substituents is 1. The second kappa shape index (κ2) is 7.15. The third kappa shape index (κ3) is 2.93. The van der Waals surface area contributed by atoms with E-state index < -0.39 is 11.0 Å². The smallest absolute Gasteiger partial charge is 0.269 e. The lowest BCUT2D eigenvalue weighted by Crippen LogP contribution is -2.40. The maximum atomic E-state index is 13.4. The number of hydrogen-bond donors (Lipinski definition) is 1. The van der Waals surface area contributed by atoms with E-state index in [2.05, 4.69) is 11.1 Å². The van der Waals surface area contributed by atoms with Crippen molar-refractivity contribution >= 4 is 22.5 Å². The third-order valence-corrected chi connectivity index (χ3v) is 5.71. The van der Waals surface area contributed by atoms with Gasteiger partial charge < -0.3 is 9.88 Å². The number of fused-ring (bicyclic) bond motifs is 3. The van der Waals surface area contributed by atoms with Gasteiger partial charge in [-0.1, -0.05) is 48.5 Å². The number of hydrogen-bond acceptors (Lipinski definition) is 3. The molecule has 0 saturated carbocycles. The predicted octanol–water partition coefficient (Wildman–Crippen LogP) is 4.86. The van der Waals surface area contributed by atoms with Gasteiger partial charge in [0.25, 0.3) is 11.6 Å². The van der Waals surface area contributed by atoms with E-state index in [1.807, 2.05) is 47.4 Å². The van der Waals surface area contributed by atoms with Gasteiger partial charge in [-0.3, -0.25) is 14.9 Å². The van der Waals surface area contributed by atoms with Gasteiger partial charge in [-0.2, -0.15) is 0 Å².